The predicted molar refractivity (Wildman–Crippen MR) is 91.2 cm³/mol. The molecule has 0 spiro atoms. The maximum Gasteiger partial charge on any atom is 0.125 e. The van der Waals surface area contributed by atoms with Crippen LogP contribution in [0.1, 0.15) is 41.6 Å². The van der Waals surface area contributed by atoms with Crippen LogP contribution in [0, 0.1) is 13.8 Å². The molecule has 0 aliphatic heterocycles. The second-order valence-corrected chi connectivity index (χ2v) is 5.27. The zero-order valence-electron chi connectivity index (χ0n) is 12.9. The normalized spacial score (nSPS) is 11.6. The predicted octanol–water partition coefficient (Wildman–Crippen LogP) is 4.71. The van der Waals surface area contributed by atoms with E-state index in [2.05, 4.69) is 45.0 Å². The highest BCUT2D eigenvalue weighted by Gasteiger charge is 2.10. The van der Waals surface area contributed by atoms with Crippen LogP contribution in [-0.2, 0) is 6.61 Å². The van der Waals surface area contributed by atoms with Gasteiger partial charge in [-0.1, -0.05) is 49.4 Å². The Kier molecular flexibility index (Phi) is 6.73. The molecule has 0 radical (unpaired) electrons. The summed E-state index contributed by atoms with van der Waals surface area (Å²) >= 11 is 0. The third-order valence-corrected chi connectivity index (χ3v) is 3.58. The highest BCUT2D eigenvalue weighted by atomic mass is 35.5. The van der Waals surface area contributed by atoms with Crippen molar-refractivity contribution < 1.29 is 4.74 Å². The summed E-state index contributed by atoms with van der Waals surface area (Å²) in [5, 5.41) is 0. The van der Waals surface area contributed by atoms with Gasteiger partial charge in [0.05, 0.1) is 0 Å². The summed E-state index contributed by atoms with van der Waals surface area (Å²) < 4.78 is 5.98. The van der Waals surface area contributed by atoms with Gasteiger partial charge >= 0.3 is 0 Å². The van der Waals surface area contributed by atoms with Crippen LogP contribution in [-0.4, -0.2) is 0 Å². The van der Waals surface area contributed by atoms with Crippen LogP contribution in [0.25, 0.3) is 0 Å². The molecule has 0 aliphatic carbocycles. The summed E-state index contributed by atoms with van der Waals surface area (Å²) in [4.78, 5) is 0. The summed E-state index contributed by atoms with van der Waals surface area (Å²) in [6, 6.07) is 14.6. The minimum absolute atomic E-state index is 0. The van der Waals surface area contributed by atoms with Crippen molar-refractivity contribution in [3.63, 3.8) is 0 Å². The first-order chi connectivity index (χ1) is 9.61. The van der Waals surface area contributed by atoms with Gasteiger partial charge in [-0.25, -0.2) is 0 Å². The van der Waals surface area contributed by atoms with Crippen LogP contribution in [0.5, 0.6) is 5.75 Å². The zero-order chi connectivity index (χ0) is 14.5. The second-order valence-electron chi connectivity index (χ2n) is 5.27. The van der Waals surface area contributed by atoms with Crippen molar-refractivity contribution in [1.82, 2.24) is 0 Å². The standard InChI is InChI=1S/C18H23NO.ClH/c1-4-17(19)16-10-13(2)18(14(3)11-16)20-12-15-8-6-5-7-9-15;/h5-11,17H,4,12,19H2,1-3H3;1H/t17-;/m1./s1. The summed E-state index contributed by atoms with van der Waals surface area (Å²) in [5.41, 5.74) is 10.8. The van der Waals surface area contributed by atoms with E-state index in [1.54, 1.807) is 0 Å². The molecule has 0 amide bonds. The Labute approximate surface area is 133 Å². The van der Waals surface area contributed by atoms with Crippen molar-refractivity contribution in [1.29, 1.82) is 0 Å². The first kappa shape index (κ1) is 17.5. The number of hydrogen-bond acceptors (Lipinski definition) is 2. The lowest BCUT2D eigenvalue weighted by Gasteiger charge is -2.16. The molecule has 21 heavy (non-hydrogen) atoms. The molecule has 0 fully saturated rings. The number of rotatable bonds is 5. The van der Waals surface area contributed by atoms with Gasteiger partial charge in [0.25, 0.3) is 0 Å². The van der Waals surface area contributed by atoms with Gasteiger partial charge in [0.1, 0.15) is 12.4 Å². The molecule has 2 nitrogen and oxygen atoms in total. The van der Waals surface area contributed by atoms with E-state index in [1.807, 2.05) is 18.2 Å². The number of hydrogen-bond donors (Lipinski definition) is 1. The molecule has 0 saturated carbocycles. The first-order valence-electron chi connectivity index (χ1n) is 7.15. The Morgan fingerprint density at radius 1 is 1.05 bits per heavy atom. The van der Waals surface area contributed by atoms with Gasteiger partial charge in [-0.05, 0) is 42.5 Å². The molecule has 0 bridgehead atoms. The fraction of sp³-hybridized carbons (Fsp3) is 0.333. The van der Waals surface area contributed by atoms with E-state index >= 15 is 0 Å². The van der Waals surface area contributed by atoms with Gasteiger partial charge in [-0.3, -0.25) is 0 Å². The van der Waals surface area contributed by atoms with E-state index in [-0.39, 0.29) is 18.4 Å². The van der Waals surface area contributed by atoms with E-state index in [0.29, 0.717) is 6.61 Å². The van der Waals surface area contributed by atoms with Gasteiger partial charge in [-0.2, -0.15) is 0 Å². The van der Waals surface area contributed by atoms with Crippen molar-refractivity contribution in [2.45, 2.75) is 39.8 Å². The lowest BCUT2D eigenvalue weighted by atomic mass is 9.99. The zero-order valence-corrected chi connectivity index (χ0v) is 13.7. The van der Waals surface area contributed by atoms with Gasteiger partial charge in [0, 0.05) is 6.04 Å². The van der Waals surface area contributed by atoms with Gasteiger partial charge in [0.2, 0.25) is 0 Å². The maximum absolute atomic E-state index is 6.11. The molecule has 0 unspecified atom stereocenters. The van der Waals surface area contributed by atoms with Crippen LogP contribution in [0.2, 0.25) is 0 Å². The molecule has 2 rings (SSSR count). The topological polar surface area (TPSA) is 35.2 Å². The average molecular weight is 306 g/mol. The van der Waals surface area contributed by atoms with E-state index < -0.39 is 0 Å². The highest BCUT2D eigenvalue weighted by molar-refractivity contribution is 5.85. The van der Waals surface area contributed by atoms with E-state index in [1.165, 1.54) is 11.1 Å². The number of aryl methyl sites for hydroxylation is 2. The molecule has 0 aromatic heterocycles. The molecule has 114 valence electrons. The minimum atomic E-state index is 0. The quantitative estimate of drug-likeness (QED) is 0.868. The van der Waals surface area contributed by atoms with Crippen molar-refractivity contribution in [2.75, 3.05) is 0 Å². The van der Waals surface area contributed by atoms with Crippen LogP contribution in [0.15, 0.2) is 42.5 Å². The largest absolute Gasteiger partial charge is 0.488 e. The Morgan fingerprint density at radius 3 is 2.14 bits per heavy atom. The molecule has 1 atom stereocenters. The van der Waals surface area contributed by atoms with Crippen molar-refractivity contribution in [3.8, 4) is 5.75 Å². The molecule has 0 saturated heterocycles. The summed E-state index contributed by atoms with van der Waals surface area (Å²) in [6.07, 6.45) is 0.948. The molecule has 3 heteroatoms. The molecule has 0 heterocycles. The van der Waals surface area contributed by atoms with Gasteiger partial charge in [0.15, 0.2) is 0 Å². The summed E-state index contributed by atoms with van der Waals surface area (Å²) in [7, 11) is 0. The van der Waals surface area contributed by atoms with Crippen molar-refractivity contribution in [3.05, 3.63) is 64.7 Å². The highest BCUT2D eigenvalue weighted by Crippen LogP contribution is 2.28. The Hall–Kier alpha value is -1.51. The number of ether oxygens (including phenoxy) is 1. The van der Waals surface area contributed by atoms with Gasteiger partial charge < -0.3 is 10.5 Å². The van der Waals surface area contributed by atoms with Crippen LogP contribution < -0.4 is 10.5 Å². The lowest BCUT2D eigenvalue weighted by molar-refractivity contribution is 0.302. The Bertz CT molecular complexity index is 546. The molecule has 2 aromatic carbocycles. The maximum atomic E-state index is 6.11. The second kappa shape index (κ2) is 8.06. The smallest absolute Gasteiger partial charge is 0.125 e. The lowest BCUT2D eigenvalue weighted by Crippen LogP contribution is -2.10. The molecular formula is C18H24ClNO. The number of halogens is 1. The third-order valence-electron chi connectivity index (χ3n) is 3.58. The monoisotopic (exact) mass is 305 g/mol. The first-order valence-corrected chi connectivity index (χ1v) is 7.15. The molecule has 2 aromatic rings. The van der Waals surface area contributed by atoms with E-state index in [0.717, 1.165) is 23.3 Å². The summed E-state index contributed by atoms with van der Waals surface area (Å²) in [5.74, 6) is 0.973. The Morgan fingerprint density at radius 2 is 1.62 bits per heavy atom. The van der Waals surface area contributed by atoms with E-state index in [9.17, 15) is 0 Å². The van der Waals surface area contributed by atoms with Crippen LogP contribution in [0.3, 0.4) is 0 Å². The molecule has 2 N–H and O–H groups in total. The fourth-order valence-corrected chi connectivity index (χ4v) is 2.39. The molecule has 0 aliphatic rings. The fourth-order valence-electron chi connectivity index (χ4n) is 2.39. The number of nitrogens with two attached hydrogens (primary N) is 1. The van der Waals surface area contributed by atoms with Crippen molar-refractivity contribution >= 4 is 12.4 Å². The SMILES string of the molecule is CC[C@@H](N)c1cc(C)c(OCc2ccccc2)c(C)c1.Cl. The average Bonchev–Trinajstić information content (AvgIpc) is 2.46. The van der Waals surface area contributed by atoms with E-state index in [4.69, 9.17) is 10.5 Å². The van der Waals surface area contributed by atoms with Gasteiger partial charge in [-0.15, -0.1) is 12.4 Å². The van der Waals surface area contributed by atoms with Crippen LogP contribution >= 0.6 is 12.4 Å². The van der Waals surface area contributed by atoms with Crippen LogP contribution in [0.4, 0.5) is 0 Å². The number of benzene rings is 2. The van der Waals surface area contributed by atoms with Crippen molar-refractivity contribution in [2.24, 2.45) is 5.73 Å². The third kappa shape index (κ3) is 4.48. The Balaban J connectivity index is 0.00000220. The molecular weight excluding hydrogens is 282 g/mol. The minimum Gasteiger partial charge on any atom is -0.488 e. The summed E-state index contributed by atoms with van der Waals surface area (Å²) in [6.45, 7) is 6.87.